The van der Waals surface area contributed by atoms with Crippen LogP contribution in [0.3, 0.4) is 0 Å². The van der Waals surface area contributed by atoms with Crippen LogP contribution in [0.1, 0.15) is 12.0 Å². The van der Waals surface area contributed by atoms with Crippen LogP contribution in [0.5, 0.6) is 0 Å². The molecule has 2 aliphatic heterocycles. The number of hydrogen-bond donors (Lipinski definition) is 2. The van der Waals surface area contributed by atoms with E-state index in [-0.39, 0.29) is 18.2 Å². The van der Waals surface area contributed by atoms with Gasteiger partial charge in [-0.2, -0.15) is 10.1 Å². The molecule has 0 bridgehead atoms. The van der Waals surface area contributed by atoms with Crippen molar-refractivity contribution in [1.82, 2.24) is 19.7 Å². The smallest absolute Gasteiger partial charge is 0.229 e. The highest BCUT2D eigenvalue weighted by atomic mass is 16.6. The Morgan fingerprint density at radius 2 is 2.22 bits per heavy atom. The Balaban J connectivity index is 1.50. The van der Waals surface area contributed by atoms with Crippen LogP contribution in [-0.2, 0) is 16.5 Å². The quantitative estimate of drug-likeness (QED) is 0.877. The summed E-state index contributed by atoms with van der Waals surface area (Å²) in [7, 11) is 1.87. The molecule has 3 atom stereocenters. The predicted octanol–water partition coefficient (Wildman–Crippen LogP) is 1.23. The SMILES string of the molecule is Cc1cnc(Nc2cnn(C)c2)nc1NC1COC2CCOC12. The maximum Gasteiger partial charge on any atom is 0.229 e. The molecule has 0 aromatic carbocycles. The third-order valence-electron chi connectivity index (χ3n) is 4.22. The molecule has 0 aliphatic carbocycles. The molecular formula is C15H20N6O2. The molecule has 2 aliphatic rings. The first-order valence-electron chi connectivity index (χ1n) is 7.78. The topological polar surface area (TPSA) is 86.1 Å². The average Bonchev–Trinajstić information content (AvgIpc) is 3.22. The lowest BCUT2D eigenvalue weighted by molar-refractivity contribution is 0.0718. The number of aryl methyl sites for hydroxylation is 2. The number of ether oxygens (including phenoxy) is 2. The summed E-state index contributed by atoms with van der Waals surface area (Å²) in [6.07, 6.45) is 6.70. The highest BCUT2D eigenvalue weighted by Gasteiger charge is 2.42. The second-order valence-corrected chi connectivity index (χ2v) is 6.00. The zero-order valence-electron chi connectivity index (χ0n) is 13.2. The van der Waals surface area contributed by atoms with Gasteiger partial charge in [0.1, 0.15) is 11.9 Å². The summed E-state index contributed by atoms with van der Waals surface area (Å²) < 4.78 is 13.3. The van der Waals surface area contributed by atoms with Crippen LogP contribution in [0.4, 0.5) is 17.5 Å². The lowest BCUT2D eigenvalue weighted by Gasteiger charge is -2.19. The van der Waals surface area contributed by atoms with Crippen LogP contribution in [0.2, 0.25) is 0 Å². The van der Waals surface area contributed by atoms with Crippen molar-refractivity contribution in [3.8, 4) is 0 Å². The summed E-state index contributed by atoms with van der Waals surface area (Å²) in [5.41, 5.74) is 1.84. The number of anilines is 3. The van der Waals surface area contributed by atoms with Crippen molar-refractivity contribution in [3.05, 3.63) is 24.2 Å². The standard InChI is InChI=1S/C15H20N6O2/c1-9-5-16-15(18-10-6-17-21(2)7-10)20-14(9)19-11-8-23-12-3-4-22-13(11)12/h5-7,11-13H,3-4,8H2,1-2H3,(H2,16,18,19,20). The monoisotopic (exact) mass is 316 g/mol. The Morgan fingerprint density at radius 1 is 1.30 bits per heavy atom. The van der Waals surface area contributed by atoms with Gasteiger partial charge in [-0.15, -0.1) is 0 Å². The Hall–Kier alpha value is -2.19. The number of rotatable bonds is 4. The zero-order chi connectivity index (χ0) is 15.8. The normalized spacial score (nSPS) is 26.3. The average molecular weight is 316 g/mol. The second kappa shape index (κ2) is 5.78. The minimum absolute atomic E-state index is 0.110. The van der Waals surface area contributed by atoms with Crippen molar-refractivity contribution in [2.45, 2.75) is 31.6 Å². The van der Waals surface area contributed by atoms with Gasteiger partial charge in [-0.1, -0.05) is 0 Å². The molecule has 8 heteroatoms. The molecule has 0 saturated carbocycles. The summed E-state index contributed by atoms with van der Waals surface area (Å²) in [5, 5.41) is 10.7. The zero-order valence-corrected chi connectivity index (χ0v) is 13.2. The van der Waals surface area contributed by atoms with E-state index in [1.807, 2.05) is 20.2 Å². The Labute approximate surface area is 134 Å². The maximum absolute atomic E-state index is 5.77. The van der Waals surface area contributed by atoms with Crippen LogP contribution in [0, 0.1) is 6.92 Å². The number of nitrogens with zero attached hydrogens (tertiary/aromatic N) is 4. The van der Waals surface area contributed by atoms with Crippen molar-refractivity contribution >= 4 is 17.5 Å². The van der Waals surface area contributed by atoms with Crippen molar-refractivity contribution in [3.63, 3.8) is 0 Å². The molecule has 122 valence electrons. The van der Waals surface area contributed by atoms with Crippen molar-refractivity contribution in [2.75, 3.05) is 23.8 Å². The van der Waals surface area contributed by atoms with Gasteiger partial charge in [0.2, 0.25) is 5.95 Å². The fraction of sp³-hybridized carbons (Fsp3) is 0.533. The lowest BCUT2D eigenvalue weighted by Crippen LogP contribution is -2.34. The van der Waals surface area contributed by atoms with Crippen LogP contribution >= 0.6 is 0 Å². The molecule has 4 rings (SSSR count). The van der Waals surface area contributed by atoms with Gasteiger partial charge >= 0.3 is 0 Å². The minimum Gasteiger partial charge on any atom is -0.373 e. The van der Waals surface area contributed by atoms with Crippen LogP contribution < -0.4 is 10.6 Å². The summed E-state index contributed by atoms with van der Waals surface area (Å²) in [6.45, 7) is 3.40. The van der Waals surface area contributed by atoms with E-state index < -0.39 is 0 Å². The number of fused-ring (bicyclic) bond motifs is 1. The molecule has 0 amide bonds. The molecule has 0 spiro atoms. The van der Waals surface area contributed by atoms with E-state index in [9.17, 15) is 0 Å². The van der Waals surface area contributed by atoms with Crippen LogP contribution in [0.15, 0.2) is 18.6 Å². The third-order valence-corrected chi connectivity index (χ3v) is 4.22. The molecular weight excluding hydrogens is 296 g/mol. The fourth-order valence-corrected chi connectivity index (χ4v) is 3.03. The summed E-state index contributed by atoms with van der Waals surface area (Å²) >= 11 is 0. The van der Waals surface area contributed by atoms with Gasteiger partial charge in [0, 0.05) is 31.6 Å². The molecule has 4 heterocycles. The molecule has 2 N–H and O–H groups in total. The maximum atomic E-state index is 5.77. The summed E-state index contributed by atoms with van der Waals surface area (Å²) in [5.74, 6) is 1.34. The van der Waals surface area contributed by atoms with Crippen LogP contribution in [0.25, 0.3) is 0 Å². The summed E-state index contributed by atoms with van der Waals surface area (Å²) in [4.78, 5) is 8.90. The minimum atomic E-state index is 0.110. The molecule has 3 unspecified atom stereocenters. The second-order valence-electron chi connectivity index (χ2n) is 6.00. The molecule has 2 fully saturated rings. The summed E-state index contributed by atoms with van der Waals surface area (Å²) in [6, 6.07) is 0.127. The first kappa shape index (κ1) is 14.4. The fourth-order valence-electron chi connectivity index (χ4n) is 3.03. The highest BCUT2D eigenvalue weighted by Crippen LogP contribution is 2.29. The van der Waals surface area contributed by atoms with Gasteiger partial charge in [-0.25, -0.2) is 4.98 Å². The van der Waals surface area contributed by atoms with Crippen molar-refractivity contribution < 1.29 is 9.47 Å². The van der Waals surface area contributed by atoms with Crippen molar-refractivity contribution in [2.24, 2.45) is 7.05 Å². The first-order valence-corrected chi connectivity index (χ1v) is 7.78. The van der Waals surface area contributed by atoms with E-state index in [0.717, 1.165) is 30.1 Å². The van der Waals surface area contributed by atoms with Gasteiger partial charge in [0.15, 0.2) is 0 Å². The van der Waals surface area contributed by atoms with E-state index in [4.69, 9.17) is 9.47 Å². The van der Waals surface area contributed by atoms with Gasteiger partial charge in [0.05, 0.1) is 30.6 Å². The van der Waals surface area contributed by atoms with Gasteiger partial charge in [0.25, 0.3) is 0 Å². The Morgan fingerprint density at radius 3 is 3.04 bits per heavy atom. The Kier molecular flexibility index (Phi) is 3.62. The molecule has 8 nitrogen and oxygen atoms in total. The van der Waals surface area contributed by atoms with E-state index in [1.165, 1.54) is 0 Å². The Bertz CT molecular complexity index is 703. The highest BCUT2D eigenvalue weighted by molar-refractivity contribution is 5.54. The van der Waals surface area contributed by atoms with E-state index in [0.29, 0.717) is 12.6 Å². The third kappa shape index (κ3) is 2.87. The molecule has 2 aromatic heterocycles. The van der Waals surface area contributed by atoms with Gasteiger partial charge in [-0.05, 0) is 13.3 Å². The van der Waals surface area contributed by atoms with Gasteiger partial charge < -0.3 is 20.1 Å². The molecule has 0 radical (unpaired) electrons. The van der Waals surface area contributed by atoms with Gasteiger partial charge in [-0.3, -0.25) is 4.68 Å². The van der Waals surface area contributed by atoms with E-state index in [2.05, 4.69) is 25.7 Å². The largest absolute Gasteiger partial charge is 0.373 e. The first-order chi connectivity index (χ1) is 11.2. The van der Waals surface area contributed by atoms with Crippen molar-refractivity contribution in [1.29, 1.82) is 0 Å². The molecule has 2 aromatic rings. The van der Waals surface area contributed by atoms with Crippen LogP contribution in [-0.4, -0.2) is 51.2 Å². The predicted molar refractivity (Wildman–Crippen MR) is 84.8 cm³/mol. The van der Waals surface area contributed by atoms with E-state index >= 15 is 0 Å². The number of hydrogen-bond acceptors (Lipinski definition) is 7. The van der Waals surface area contributed by atoms with E-state index in [1.54, 1.807) is 17.1 Å². The molecule has 2 saturated heterocycles. The molecule has 23 heavy (non-hydrogen) atoms. The number of nitrogens with one attached hydrogen (secondary N) is 2. The lowest BCUT2D eigenvalue weighted by atomic mass is 10.1. The number of aromatic nitrogens is 4.